The van der Waals surface area contributed by atoms with Gasteiger partial charge in [-0.25, -0.2) is 4.68 Å². The van der Waals surface area contributed by atoms with Gasteiger partial charge >= 0.3 is 0 Å². The first-order valence-electron chi connectivity index (χ1n) is 7.79. The number of hydrogen-bond acceptors (Lipinski definition) is 2. The van der Waals surface area contributed by atoms with Crippen LogP contribution in [0.5, 0.6) is 0 Å². The van der Waals surface area contributed by atoms with Gasteiger partial charge in [0, 0.05) is 10.6 Å². The predicted molar refractivity (Wildman–Crippen MR) is 99.9 cm³/mol. The Kier molecular flexibility index (Phi) is 3.97. The average Bonchev–Trinajstić information content (AvgIpc) is 2.98. The first-order chi connectivity index (χ1) is 11.8. The maximum Gasteiger partial charge on any atom is 0.279 e. The molecular formula is C20H16N2OS. The number of nitrogens with one attached hydrogen (secondary N) is 1. The van der Waals surface area contributed by atoms with Gasteiger partial charge < -0.3 is 0 Å². The molecule has 0 unspecified atom stereocenters. The SMILES string of the molecule is O=c1c2ccccc2[nH]n1-c1ccccc1CSc1ccccc1. The molecule has 3 aromatic carbocycles. The van der Waals surface area contributed by atoms with Crippen LogP contribution in [-0.2, 0) is 5.75 Å². The van der Waals surface area contributed by atoms with E-state index in [4.69, 9.17) is 0 Å². The van der Waals surface area contributed by atoms with Gasteiger partial charge in [0.15, 0.2) is 0 Å². The second-order valence-electron chi connectivity index (χ2n) is 5.53. The first kappa shape index (κ1) is 14.8. The molecule has 1 N–H and O–H groups in total. The van der Waals surface area contributed by atoms with Crippen molar-refractivity contribution in [1.29, 1.82) is 0 Å². The van der Waals surface area contributed by atoms with Crippen molar-refractivity contribution in [2.24, 2.45) is 0 Å². The van der Waals surface area contributed by atoms with Crippen molar-refractivity contribution in [2.75, 3.05) is 0 Å². The monoisotopic (exact) mass is 332 g/mol. The summed E-state index contributed by atoms with van der Waals surface area (Å²) in [6, 6.07) is 25.9. The Bertz CT molecular complexity index is 1030. The van der Waals surface area contributed by atoms with Crippen LogP contribution in [0.4, 0.5) is 0 Å². The van der Waals surface area contributed by atoms with Crippen molar-refractivity contribution in [1.82, 2.24) is 9.78 Å². The fourth-order valence-electron chi connectivity index (χ4n) is 2.76. The second-order valence-corrected chi connectivity index (χ2v) is 6.58. The van der Waals surface area contributed by atoms with Gasteiger partial charge in [-0.1, -0.05) is 48.5 Å². The highest BCUT2D eigenvalue weighted by atomic mass is 32.2. The van der Waals surface area contributed by atoms with Crippen molar-refractivity contribution < 1.29 is 0 Å². The molecular weight excluding hydrogens is 316 g/mol. The molecule has 4 aromatic rings. The molecule has 1 heterocycles. The number of benzene rings is 3. The molecule has 0 aliphatic heterocycles. The van der Waals surface area contributed by atoms with E-state index in [1.807, 2.05) is 60.7 Å². The number of thioether (sulfide) groups is 1. The molecule has 0 amide bonds. The quantitative estimate of drug-likeness (QED) is 0.554. The molecule has 118 valence electrons. The fourth-order valence-corrected chi connectivity index (χ4v) is 3.67. The van der Waals surface area contributed by atoms with E-state index in [9.17, 15) is 4.79 Å². The van der Waals surface area contributed by atoms with Crippen LogP contribution in [0.15, 0.2) is 88.6 Å². The summed E-state index contributed by atoms with van der Waals surface area (Å²) in [7, 11) is 0. The van der Waals surface area contributed by atoms with E-state index in [0.29, 0.717) is 5.39 Å². The Hall–Kier alpha value is -2.72. The topological polar surface area (TPSA) is 37.8 Å². The molecule has 0 aliphatic carbocycles. The summed E-state index contributed by atoms with van der Waals surface area (Å²) in [6.07, 6.45) is 0. The lowest BCUT2D eigenvalue weighted by Gasteiger charge is -2.09. The van der Waals surface area contributed by atoms with Gasteiger partial charge in [-0.15, -0.1) is 11.8 Å². The molecule has 0 saturated heterocycles. The van der Waals surface area contributed by atoms with Crippen LogP contribution in [0.1, 0.15) is 5.56 Å². The summed E-state index contributed by atoms with van der Waals surface area (Å²) >= 11 is 1.77. The maximum absolute atomic E-state index is 12.7. The molecule has 0 radical (unpaired) electrons. The normalized spacial score (nSPS) is 11.0. The molecule has 4 heteroatoms. The van der Waals surface area contributed by atoms with Gasteiger partial charge in [0.25, 0.3) is 5.56 Å². The lowest BCUT2D eigenvalue weighted by atomic mass is 10.2. The summed E-state index contributed by atoms with van der Waals surface area (Å²) in [6.45, 7) is 0. The van der Waals surface area contributed by atoms with Crippen molar-refractivity contribution in [3.05, 3.63) is 94.8 Å². The zero-order chi connectivity index (χ0) is 16.4. The zero-order valence-electron chi connectivity index (χ0n) is 13.0. The van der Waals surface area contributed by atoms with Crippen LogP contribution >= 0.6 is 11.8 Å². The van der Waals surface area contributed by atoms with E-state index in [1.165, 1.54) is 4.90 Å². The lowest BCUT2D eigenvalue weighted by molar-refractivity contribution is 0.855. The molecule has 24 heavy (non-hydrogen) atoms. The van der Waals surface area contributed by atoms with Gasteiger partial charge in [0.1, 0.15) is 0 Å². The smallest absolute Gasteiger partial charge is 0.279 e. The summed E-state index contributed by atoms with van der Waals surface area (Å²) in [4.78, 5) is 13.9. The summed E-state index contributed by atoms with van der Waals surface area (Å²) < 4.78 is 1.64. The second kappa shape index (κ2) is 6.42. The number of rotatable bonds is 4. The number of aromatic amines is 1. The predicted octanol–water partition coefficient (Wildman–Crippen LogP) is 4.61. The number of para-hydroxylation sites is 2. The molecule has 0 spiro atoms. The standard InChI is InChI=1S/C20H16N2OS/c23-20-17-11-5-6-12-18(17)21-22(20)19-13-7-4-8-15(19)14-24-16-9-2-1-3-10-16/h1-13,21H,14H2. The van der Waals surface area contributed by atoms with Gasteiger partial charge in [-0.3, -0.25) is 9.89 Å². The van der Waals surface area contributed by atoms with E-state index >= 15 is 0 Å². The Morgan fingerprint density at radius 3 is 2.38 bits per heavy atom. The first-order valence-corrected chi connectivity index (χ1v) is 8.77. The molecule has 0 atom stereocenters. The molecule has 4 rings (SSSR count). The fraction of sp³-hybridized carbons (Fsp3) is 0.0500. The number of H-pyrrole nitrogens is 1. The van der Waals surface area contributed by atoms with Crippen LogP contribution in [0.25, 0.3) is 16.6 Å². The Morgan fingerprint density at radius 2 is 1.54 bits per heavy atom. The number of fused-ring (bicyclic) bond motifs is 1. The van der Waals surface area contributed by atoms with E-state index in [1.54, 1.807) is 16.4 Å². The molecule has 0 bridgehead atoms. The third-order valence-corrected chi connectivity index (χ3v) is 5.02. The Labute approximate surface area is 143 Å². The minimum atomic E-state index is -0.0113. The summed E-state index contributed by atoms with van der Waals surface area (Å²) in [5.41, 5.74) is 2.87. The van der Waals surface area contributed by atoms with Gasteiger partial charge in [0.2, 0.25) is 0 Å². The third-order valence-electron chi connectivity index (χ3n) is 3.96. The van der Waals surface area contributed by atoms with Crippen molar-refractivity contribution in [3.8, 4) is 5.69 Å². The molecule has 3 nitrogen and oxygen atoms in total. The van der Waals surface area contributed by atoms with E-state index in [-0.39, 0.29) is 5.56 Å². The van der Waals surface area contributed by atoms with Gasteiger partial charge in [-0.2, -0.15) is 0 Å². The molecule has 1 aromatic heterocycles. The van der Waals surface area contributed by atoms with Crippen LogP contribution in [-0.4, -0.2) is 9.78 Å². The highest BCUT2D eigenvalue weighted by molar-refractivity contribution is 7.98. The van der Waals surface area contributed by atoms with Crippen LogP contribution in [0, 0.1) is 0 Å². The van der Waals surface area contributed by atoms with Crippen molar-refractivity contribution in [3.63, 3.8) is 0 Å². The minimum absolute atomic E-state index is 0.0113. The third kappa shape index (κ3) is 2.76. The number of hydrogen-bond donors (Lipinski definition) is 1. The number of nitrogens with zero attached hydrogens (tertiary/aromatic N) is 1. The van der Waals surface area contributed by atoms with Crippen molar-refractivity contribution in [2.45, 2.75) is 10.6 Å². The van der Waals surface area contributed by atoms with Gasteiger partial charge in [0.05, 0.1) is 16.6 Å². The van der Waals surface area contributed by atoms with E-state index in [2.05, 4.69) is 23.3 Å². The van der Waals surface area contributed by atoms with Gasteiger partial charge in [-0.05, 0) is 35.9 Å². The lowest BCUT2D eigenvalue weighted by Crippen LogP contribution is -2.15. The average molecular weight is 332 g/mol. The summed E-state index contributed by atoms with van der Waals surface area (Å²) in [5.74, 6) is 0.808. The zero-order valence-corrected chi connectivity index (χ0v) is 13.8. The highest BCUT2D eigenvalue weighted by Gasteiger charge is 2.11. The maximum atomic E-state index is 12.7. The highest BCUT2D eigenvalue weighted by Crippen LogP contribution is 2.25. The molecule has 0 aliphatic rings. The largest absolute Gasteiger partial charge is 0.290 e. The summed E-state index contributed by atoms with van der Waals surface area (Å²) in [5, 5.41) is 3.92. The molecule has 0 fully saturated rings. The Balaban J connectivity index is 1.73. The van der Waals surface area contributed by atoms with Crippen LogP contribution in [0.3, 0.4) is 0 Å². The Morgan fingerprint density at radius 1 is 0.833 bits per heavy atom. The van der Waals surface area contributed by atoms with E-state index < -0.39 is 0 Å². The minimum Gasteiger partial charge on any atom is -0.290 e. The van der Waals surface area contributed by atoms with Crippen LogP contribution in [0.2, 0.25) is 0 Å². The van der Waals surface area contributed by atoms with E-state index in [0.717, 1.165) is 22.5 Å². The molecule has 0 saturated carbocycles. The van der Waals surface area contributed by atoms with Crippen molar-refractivity contribution >= 4 is 22.7 Å². The number of aromatic nitrogens is 2. The van der Waals surface area contributed by atoms with Crippen LogP contribution < -0.4 is 5.56 Å².